The highest BCUT2D eigenvalue weighted by atomic mass is 32.2. The summed E-state index contributed by atoms with van der Waals surface area (Å²) >= 11 is 0. The summed E-state index contributed by atoms with van der Waals surface area (Å²) in [5.41, 5.74) is 4.74. The number of nitrogens with zero attached hydrogens (tertiary/aromatic N) is 2. The van der Waals surface area contributed by atoms with Crippen LogP contribution in [0.15, 0.2) is 70.1 Å². The van der Waals surface area contributed by atoms with E-state index in [1.807, 2.05) is 12.1 Å². The second-order valence-electron chi connectivity index (χ2n) is 21.8. The lowest BCUT2D eigenvalue weighted by molar-refractivity contribution is -0.438. The van der Waals surface area contributed by atoms with Crippen LogP contribution in [0.25, 0.3) is 0 Å². The largest absolute Gasteiger partial charge is 0.344 e. The summed E-state index contributed by atoms with van der Waals surface area (Å²) in [6.07, 6.45) is 48.3. The summed E-state index contributed by atoms with van der Waals surface area (Å²) < 4.78 is 71.6. The number of rotatable bonds is 38. The molecule has 0 amide bonds. The number of benzene rings is 2. The summed E-state index contributed by atoms with van der Waals surface area (Å²) in [6, 6.07) is 9.97. The van der Waals surface area contributed by atoms with Crippen molar-refractivity contribution in [3.05, 3.63) is 71.5 Å². The highest BCUT2D eigenvalue weighted by molar-refractivity contribution is 7.86. The molecule has 0 saturated carbocycles. The number of hydrogen-bond donors (Lipinski definition) is 2. The third kappa shape index (κ3) is 19.0. The van der Waals surface area contributed by atoms with Gasteiger partial charge in [0, 0.05) is 47.5 Å². The summed E-state index contributed by atoms with van der Waals surface area (Å²) in [6.45, 7) is 14.6. The Hall–Kier alpha value is -2.79. The maximum absolute atomic E-state index is 12.3. The van der Waals surface area contributed by atoms with E-state index in [0.717, 1.165) is 72.7 Å². The number of anilines is 1. The Morgan fingerprint density at radius 3 is 1.29 bits per heavy atom. The molecule has 0 aromatic heterocycles. The van der Waals surface area contributed by atoms with Crippen LogP contribution in [-0.4, -0.2) is 49.3 Å². The summed E-state index contributed by atoms with van der Waals surface area (Å²) in [5, 5.41) is 0. The average molecular weight is 995 g/mol. The van der Waals surface area contributed by atoms with E-state index in [0.29, 0.717) is 0 Å². The average Bonchev–Trinajstić information content (AvgIpc) is 3.65. The van der Waals surface area contributed by atoms with Gasteiger partial charge in [0.1, 0.15) is 6.54 Å². The smallest absolute Gasteiger partial charge is 0.294 e. The molecule has 10 heteroatoms. The zero-order chi connectivity index (χ0) is 50.2. The molecule has 0 atom stereocenters. The van der Waals surface area contributed by atoms with Gasteiger partial charge in [-0.2, -0.15) is 21.4 Å². The Balaban J connectivity index is 1.39. The van der Waals surface area contributed by atoms with Crippen LogP contribution in [0.3, 0.4) is 0 Å². The second-order valence-corrected chi connectivity index (χ2v) is 24.6. The maximum Gasteiger partial charge on any atom is 0.294 e. The molecule has 0 aliphatic carbocycles. The molecule has 2 aromatic carbocycles. The Morgan fingerprint density at radius 2 is 0.870 bits per heavy atom. The zero-order valence-electron chi connectivity index (χ0n) is 44.5. The molecule has 0 radical (unpaired) electrons. The first-order chi connectivity index (χ1) is 33.0. The SMILES string of the molecule is CCCCCCCCCCCCCCCCCCN1/C(=C\C=C\C2=[N+](CCCCCCCCCCCCCCCCCC)c3ccc(S(=O)(=O)O)cc3C2(C)C)C(C)(C)c2cc(S(=O)(=O)O)ccc21. The number of allylic oxidation sites excluding steroid dienone is 4. The Bertz CT molecular complexity index is 2150. The molecule has 0 bridgehead atoms. The Morgan fingerprint density at radius 1 is 0.493 bits per heavy atom. The zero-order valence-corrected chi connectivity index (χ0v) is 46.1. The normalized spacial score (nSPS) is 16.1. The van der Waals surface area contributed by atoms with Gasteiger partial charge in [-0.15, -0.1) is 0 Å². The molecule has 2 heterocycles. The molecule has 69 heavy (non-hydrogen) atoms. The van der Waals surface area contributed by atoms with Crippen molar-refractivity contribution in [3.63, 3.8) is 0 Å². The maximum atomic E-state index is 12.3. The van der Waals surface area contributed by atoms with Crippen molar-refractivity contribution < 1.29 is 30.5 Å². The fraction of sp³-hybridized carbons (Fsp3) is 0.712. The van der Waals surface area contributed by atoms with Crippen LogP contribution in [0.5, 0.6) is 0 Å². The van der Waals surface area contributed by atoms with E-state index in [1.54, 1.807) is 12.1 Å². The number of unbranched alkanes of at least 4 members (excludes halogenated alkanes) is 30. The van der Waals surface area contributed by atoms with Gasteiger partial charge in [0.05, 0.1) is 15.2 Å². The van der Waals surface area contributed by atoms with Gasteiger partial charge in [-0.3, -0.25) is 9.11 Å². The van der Waals surface area contributed by atoms with Crippen molar-refractivity contribution in [1.82, 2.24) is 0 Å². The van der Waals surface area contributed by atoms with Crippen molar-refractivity contribution in [2.75, 3.05) is 18.0 Å². The van der Waals surface area contributed by atoms with Crippen LogP contribution in [0, 0.1) is 0 Å². The van der Waals surface area contributed by atoms with Crippen molar-refractivity contribution >= 4 is 37.3 Å². The van der Waals surface area contributed by atoms with Crippen LogP contribution in [0.2, 0.25) is 0 Å². The molecular formula is C59H97N2O6S2+. The van der Waals surface area contributed by atoms with Crippen LogP contribution < -0.4 is 4.90 Å². The van der Waals surface area contributed by atoms with E-state index in [9.17, 15) is 25.9 Å². The third-order valence-corrected chi connectivity index (χ3v) is 17.0. The first-order valence-electron chi connectivity index (χ1n) is 28.1. The lowest BCUT2D eigenvalue weighted by Gasteiger charge is -2.27. The minimum atomic E-state index is -4.38. The monoisotopic (exact) mass is 994 g/mol. The molecule has 0 unspecified atom stereocenters. The second kappa shape index (κ2) is 30.3. The first-order valence-corrected chi connectivity index (χ1v) is 31.0. The van der Waals surface area contributed by atoms with Gasteiger partial charge < -0.3 is 4.90 Å². The molecular weight excluding hydrogens is 897 g/mol. The predicted octanol–water partition coefficient (Wildman–Crippen LogP) is 17.3. The molecule has 2 aromatic rings. The van der Waals surface area contributed by atoms with E-state index in [4.69, 9.17) is 0 Å². The van der Waals surface area contributed by atoms with Crippen molar-refractivity contribution in [3.8, 4) is 0 Å². The summed E-state index contributed by atoms with van der Waals surface area (Å²) in [5.74, 6) is 0. The molecule has 2 aliphatic heterocycles. The van der Waals surface area contributed by atoms with Crippen LogP contribution in [0.4, 0.5) is 11.4 Å². The lowest BCUT2D eigenvalue weighted by atomic mass is 9.81. The van der Waals surface area contributed by atoms with Gasteiger partial charge in [-0.1, -0.05) is 220 Å². The van der Waals surface area contributed by atoms with E-state index in [-0.39, 0.29) is 9.79 Å². The molecule has 2 N–H and O–H groups in total. The standard InChI is InChI=1S/C59H96N2O6S2/c1-7-9-11-13-15-17-19-21-23-25-27-29-31-33-35-37-46-60-54-44-42-50(68(62,63)64)48-52(54)58(3,4)56(60)40-39-41-57-59(5,6)53-49-51(69(65,66)67)43-45-55(53)61(57)47-38-36-34-32-30-28-26-24-22-20-18-16-14-12-10-8-2/h39-45,48-49H,7-38,46-47H2,1-6H3,(H-,62,63,64,65,66,67)/p+1. The van der Waals surface area contributed by atoms with Crippen LogP contribution in [-0.2, 0) is 31.1 Å². The van der Waals surface area contributed by atoms with Crippen LogP contribution >= 0.6 is 0 Å². The molecule has 0 spiro atoms. The molecule has 8 nitrogen and oxygen atoms in total. The number of fused-ring (bicyclic) bond motifs is 2. The quantitative estimate of drug-likeness (QED) is 0.0391. The molecule has 4 rings (SSSR count). The summed E-state index contributed by atoms with van der Waals surface area (Å²) in [4.78, 5) is 2.15. The van der Waals surface area contributed by atoms with Gasteiger partial charge >= 0.3 is 0 Å². The van der Waals surface area contributed by atoms with Crippen LogP contribution in [0.1, 0.15) is 258 Å². The molecule has 2 aliphatic rings. The fourth-order valence-corrected chi connectivity index (χ4v) is 12.0. The molecule has 0 fully saturated rings. The highest BCUT2D eigenvalue weighted by Gasteiger charge is 2.45. The fourth-order valence-electron chi connectivity index (χ4n) is 11.0. The first kappa shape index (κ1) is 58.8. The Kier molecular flexibility index (Phi) is 25.8. The third-order valence-electron chi connectivity index (χ3n) is 15.3. The molecule has 0 saturated heterocycles. The van der Waals surface area contributed by atoms with Gasteiger partial charge in [-0.05, 0) is 68.7 Å². The van der Waals surface area contributed by atoms with Gasteiger partial charge in [0.2, 0.25) is 5.69 Å². The topological polar surface area (TPSA) is 115 Å². The van der Waals surface area contributed by atoms with Crippen molar-refractivity contribution in [2.45, 2.75) is 268 Å². The lowest BCUT2D eigenvalue weighted by Crippen LogP contribution is -2.28. The van der Waals surface area contributed by atoms with Gasteiger partial charge in [0.15, 0.2) is 5.71 Å². The molecule has 390 valence electrons. The summed E-state index contributed by atoms with van der Waals surface area (Å²) in [7, 11) is -8.76. The Labute approximate surface area is 422 Å². The van der Waals surface area contributed by atoms with Gasteiger partial charge in [0.25, 0.3) is 20.2 Å². The van der Waals surface area contributed by atoms with Crippen molar-refractivity contribution in [1.29, 1.82) is 0 Å². The van der Waals surface area contributed by atoms with E-state index in [2.05, 4.69) is 69.2 Å². The predicted molar refractivity (Wildman–Crippen MR) is 292 cm³/mol. The van der Waals surface area contributed by atoms with E-state index < -0.39 is 31.1 Å². The van der Waals surface area contributed by atoms with Gasteiger partial charge in [-0.25, -0.2) is 0 Å². The van der Waals surface area contributed by atoms with E-state index in [1.165, 1.54) is 192 Å². The van der Waals surface area contributed by atoms with Crippen molar-refractivity contribution in [2.24, 2.45) is 0 Å². The number of hydrogen-bond acceptors (Lipinski definition) is 5. The minimum Gasteiger partial charge on any atom is -0.344 e. The van der Waals surface area contributed by atoms with E-state index >= 15 is 0 Å². The highest BCUT2D eigenvalue weighted by Crippen LogP contribution is 2.49. The minimum absolute atomic E-state index is 0.0940.